The zero-order valence-corrected chi connectivity index (χ0v) is 16.0. The Bertz CT molecular complexity index is 727. The summed E-state index contributed by atoms with van der Waals surface area (Å²) in [6.45, 7) is 7.33. The predicted octanol–water partition coefficient (Wildman–Crippen LogP) is 4.10. The molecule has 1 aromatic carbocycles. The summed E-state index contributed by atoms with van der Waals surface area (Å²) >= 11 is 0. The molecule has 2 heterocycles. The zero-order valence-electron chi connectivity index (χ0n) is 16.0. The lowest BCUT2D eigenvalue weighted by Gasteiger charge is -2.35. The van der Waals surface area contributed by atoms with Crippen molar-refractivity contribution in [3.63, 3.8) is 0 Å². The van der Waals surface area contributed by atoms with Crippen LogP contribution in [0.5, 0.6) is 0 Å². The minimum atomic E-state index is 0.497. The van der Waals surface area contributed by atoms with Crippen LogP contribution in [0.1, 0.15) is 67.3 Å². The Hall–Kier alpha value is -1.88. The maximum Gasteiger partial charge on any atom is 0.229 e. The molecule has 26 heavy (non-hydrogen) atoms. The van der Waals surface area contributed by atoms with Crippen LogP contribution in [0, 0.1) is 13.8 Å². The lowest BCUT2D eigenvalue weighted by molar-refractivity contribution is 0.346. The smallest absolute Gasteiger partial charge is 0.229 e. The van der Waals surface area contributed by atoms with Crippen LogP contribution < -0.4 is 10.2 Å². The molecule has 0 amide bonds. The molecule has 1 aliphatic heterocycles. The standard InChI is InChI=1S/C21H30N4O/c1-15-6-5-9-19(16(15)2)25-12-10-18(11-13-25)22-14-20-23-21(26-24-20)17-7-3-4-8-17/h5-6,9,17-18,22H,3-4,7-8,10-14H2,1-2H3. The Labute approximate surface area is 156 Å². The number of nitrogens with zero attached hydrogens (tertiary/aromatic N) is 3. The van der Waals surface area contributed by atoms with Gasteiger partial charge in [0.2, 0.25) is 5.89 Å². The fourth-order valence-corrected chi connectivity index (χ4v) is 4.32. The molecule has 2 aromatic rings. The highest BCUT2D eigenvalue weighted by Crippen LogP contribution is 2.33. The van der Waals surface area contributed by atoms with Crippen molar-refractivity contribution < 1.29 is 4.52 Å². The van der Waals surface area contributed by atoms with Gasteiger partial charge in [0.05, 0.1) is 6.54 Å². The number of nitrogens with one attached hydrogen (secondary N) is 1. The highest BCUT2D eigenvalue weighted by atomic mass is 16.5. The molecule has 2 aliphatic rings. The van der Waals surface area contributed by atoms with E-state index in [1.54, 1.807) is 0 Å². The minimum absolute atomic E-state index is 0.497. The third-order valence-corrected chi connectivity index (χ3v) is 6.15. The average molecular weight is 354 g/mol. The number of aryl methyl sites for hydroxylation is 1. The molecule has 140 valence electrons. The molecule has 1 N–H and O–H groups in total. The van der Waals surface area contributed by atoms with Crippen LogP contribution in [0.15, 0.2) is 22.7 Å². The summed E-state index contributed by atoms with van der Waals surface area (Å²) in [6.07, 6.45) is 7.29. The van der Waals surface area contributed by atoms with Crippen LogP contribution >= 0.6 is 0 Å². The summed E-state index contributed by atoms with van der Waals surface area (Å²) in [5, 5.41) is 7.80. The van der Waals surface area contributed by atoms with E-state index in [-0.39, 0.29) is 0 Å². The Morgan fingerprint density at radius 1 is 1.12 bits per heavy atom. The summed E-state index contributed by atoms with van der Waals surface area (Å²) in [5.74, 6) is 2.16. The Balaban J connectivity index is 1.27. The van der Waals surface area contributed by atoms with E-state index in [1.165, 1.54) is 42.5 Å². The number of hydrogen-bond acceptors (Lipinski definition) is 5. The van der Waals surface area contributed by atoms with Gasteiger partial charge in [0.25, 0.3) is 0 Å². The van der Waals surface area contributed by atoms with Crippen LogP contribution in [0.25, 0.3) is 0 Å². The molecular weight excluding hydrogens is 324 g/mol. The van der Waals surface area contributed by atoms with E-state index in [4.69, 9.17) is 4.52 Å². The molecule has 5 heteroatoms. The minimum Gasteiger partial charge on any atom is -0.371 e. The largest absolute Gasteiger partial charge is 0.371 e. The number of rotatable bonds is 5. The lowest BCUT2D eigenvalue weighted by atomic mass is 10.0. The summed E-state index contributed by atoms with van der Waals surface area (Å²) in [6, 6.07) is 7.14. The monoisotopic (exact) mass is 354 g/mol. The van der Waals surface area contributed by atoms with Gasteiger partial charge >= 0.3 is 0 Å². The molecular formula is C21H30N4O. The molecule has 4 rings (SSSR count). The van der Waals surface area contributed by atoms with Crippen LogP contribution in [0.4, 0.5) is 5.69 Å². The molecule has 1 aliphatic carbocycles. The molecule has 1 aromatic heterocycles. The van der Waals surface area contributed by atoms with E-state index < -0.39 is 0 Å². The van der Waals surface area contributed by atoms with E-state index in [0.717, 1.165) is 37.6 Å². The molecule has 5 nitrogen and oxygen atoms in total. The lowest BCUT2D eigenvalue weighted by Crippen LogP contribution is -2.42. The van der Waals surface area contributed by atoms with Gasteiger partial charge in [0, 0.05) is 30.7 Å². The van der Waals surface area contributed by atoms with Gasteiger partial charge in [0.1, 0.15) is 0 Å². The first-order chi connectivity index (χ1) is 12.7. The third kappa shape index (κ3) is 3.78. The molecule has 2 fully saturated rings. The zero-order chi connectivity index (χ0) is 17.9. The van der Waals surface area contributed by atoms with Gasteiger partial charge in [-0.2, -0.15) is 4.98 Å². The summed E-state index contributed by atoms with van der Waals surface area (Å²) < 4.78 is 5.48. The van der Waals surface area contributed by atoms with Crippen LogP contribution in [0.2, 0.25) is 0 Å². The van der Waals surface area contributed by atoms with Gasteiger partial charge in [-0.05, 0) is 56.7 Å². The van der Waals surface area contributed by atoms with Crippen molar-refractivity contribution in [2.75, 3.05) is 18.0 Å². The number of benzene rings is 1. The van der Waals surface area contributed by atoms with Gasteiger partial charge in [-0.25, -0.2) is 0 Å². The molecule has 1 saturated carbocycles. The normalized spacial score (nSPS) is 19.4. The second-order valence-corrected chi connectivity index (χ2v) is 7.89. The molecule has 0 atom stereocenters. The van der Waals surface area contributed by atoms with E-state index in [1.807, 2.05) is 0 Å². The van der Waals surface area contributed by atoms with E-state index >= 15 is 0 Å². The Kier molecular flexibility index (Phi) is 5.25. The van der Waals surface area contributed by atoms with Crippen molar-refractivity contribution >= 4 is 5.69 Å². The van der Waals surface area contributed by atoms with Gasteiger partial charge in [0.15, 0.2) is 5.82 Å². The van der Waals surface area contributed by atoms with Gasteiger partial charge in [-0.1, -0.05) is 30.1 Å². The summed E-state index contributed by atoms with van der Waals surface area (Å²) in [7, 11) is 0. The molecule has 0 unspecified atom stereocenters. The van der Waals surface area contributed by atoms with Crippen molar-refractivity contribution in [3.8, 4) is 0 Å². The fourth-order valence-electron chi connectivity index (χ4n) is 4.32. The molecule has 0 spiro atoms. The van der Waals surface area contributed by atoms with Gasteiger partial charge in [-0.3, -0.25) is 0 Å². The number of aromatic nitrogens is 2. The third-order valence-electron chi connectivity index (χ3n) is 6.15. The molecule has 0 bridgehead atoms. The number of piperidine rings is 1. The maximum atomic E-state index is 5.48. The van der Waals surface area contributed by atoms with E-state index in [2.05, 4.69) is 52.4 Å². The fraction of sp³-hybridized carbons (Fsp3) is 0.619. The molecule has 1 saturated heterocycles. The summed E-state index contributed by atoms with van der Waals surface area (Å²) in [5.41, 5.74) is 4.17. The van der Waals surface area contributed by atoms with Gasteiger partial charge < -0.3 is 14.7 Å². The van der Waals surface area contributed by atoms with Crippen molar-refractivity contribution in [1.29, 1.82) is 0 Å². The summed E-state index contributed by atoms with van der Waals surface area (Å²) in [4.78, 5) is 7.13. The first-order valence-electron chi connectivity index (χ1n) is 10.1. The van der Waals surface area contributed by atoms with E-state index in [9.17, 15) is 0 Å². The van der Waals surface area contributed by atoms with Crippen LogP contribution in [-0.4, -0.2) is 29.3 Å². The Morgan fingerprint density at radius 2 is 1.88 bits per heavy atom. The first-order valence-corrected chi connectivity index (χ1v) is 10.1. The van der Waals surface area contributed by atoms with Gasteiger partial charge in [-0.15, -0.1) is 0 Å². The predicted molar refractivity (Wildman–Crippen MR) is 103 cm³/mol. The van der Waals surface area contributed by atoms with E-state index in [0.29, 0.717) is 18.5 Å². The number of anilines is 1. The highest BCUT2D eigenvalue weighted by molar-refractivity contribution is 5.56. The quantitative estimate of drug-likeness (QED) is 0.876. The van der Waals surface area contributed by atoms with Crippen molar-refractivity contribution in [2.24, 2.45) is 0 Å². The maximum absolute atomic E-state index is 5.48. The van der Waals surface area contributed by atoms with Crippen molar-refractivity contribution in [2.45, 2.75) is 70.9 Å². The van der Waals surface area contributed by atoms with Crippen LogP contribution in [0.3, 0.4) is 0 Å². The van der Waals surface area contributed by atoms with Crippen molar-refractivity contribution in [1.82, 2.24) is 15.5 Å². The van der Waals surface area contributed by atoms with Crippen molar-refractivity contribution in [3.05, 3.63) is 41.0 Å². The Morgan fingerprint density at radius 3 is 2.65 bits per heavy atom. The number of hydrogen-bond donors (Lipinski definition) is 1. The second kappa shape index (κ2) is 7.78. The molecule has 0 radical (unpaired) electrons. The topological polar surface area (TPSA) is 54.2 Å². The highest BCUT2D eigenvalue weighted by Gasteiger charge is 2.24. The SMILES string of the molecule is Cc1cccc(N2CCC(NCc3noc(C4CCCC4)n3)CC2)c1C. The average Bonchev–Trinajstić information content (AvgIpc) is 3.34. The van der Waals surface area contributed by atoms with Crippen LogP contribution in [-0.2, 0) is 6.54 Å². The second-order valence-electron chi connectivity index (χ2n) is 7.89. The first kappa shape index (κ1) is 17.5.